The van der Waals surface area contributed by atoms with E-state index in [1.165, 1.54) is 5.56 Å². The predicted molar refractivity (Wildman–Crippen MR) is 85.8 cm³/mol. The van der Waals surface area contributed by atoms with E-state index in [-0.39, 0.29) is 5.54 Å². The summed E-state index contributed by atoms with van der Waals surface area (Å²) in [5.41, 5.74) is 8.44. The Morgan fingerprint density at radius 2 is 1.80 bits per heavy atom. The molecule has 0 fully saturated rings. The van der Waals surface area contributed by atoms with E-state index in [2.05, 4.69) is 37.1 Å². The van der Waals surface area contributed by atoms with Crippen LogP contribution in [-0.2, 0) is 12.1 Å². The van der Waals surface area contributed by atoms with Crippen LogP contribution >= 0.6 is 11.6 Å². The van der Waals surface area contributed by atoms with Crippen molar-refractivity contribution in [2.45, 2.75) is 19.0 Å². The molecule has 0 aliphatic rings. The Hall–Kier alpha value is -1.35. The zero-order valence-electron chi connectivity index (χ0n) is 12.0. The first-order valence-corrected chi connectivity index (χ1v) is 7.12. The van der Waals surface area contributed by atoms with Gasteiger partial charge in [0, 0.05) is 18.1 Å². The van der Waals surface area contributed by atoms with Crippen molar-refractivity contribution in [3.8, 4) is 0 Å². The topological polar surface area (TPSA) is 29.3 Å². The molecule has 1 atom stereocenters. The number of likely N-dealkylation sites (N-methyl/N-ethyl adjacent to an activating group) is 1. The van der Waals surface area contributed by atoms with E-state index in [0.29, 0.717) is 0 Å². The Morgan fingerprint density at radius 1 is 1.10 bits per heavy atom. The van der Waals surface area contributed by atoms with Gasteiger partial charge in [0.05, 0.1) is 5.54 Å². The average molecular weight is 289 g/mol. The minimum atomic E-state index is -0.366. The smallest absolute Gasteiger partial charge is 0.0509 e. The molecule has 0 bridgehead atoms. The first kappa shape index (κ1) is 15.0. The molecular formula is C17H21ClN2. The predicted octanol–water partition coefficient (Wildman–Crippen LogP) is 3.65. The molecule has 2 rings (SSSR count). The molecule has 0 aromatic heterocycles. The standard InChI is InChI=1S/C17H21ClN2/c1-17(19,15-8-4-3-5-9-15)13-20(2)12-14-7-6-10-16(18)11-14/h3-11H,12-13,19H2,1-2H3. The first-order valence-electron chi connectivity index (χ1n) is 6.75. The van der Waals surface area contributed by atoms with Crippen LogP contribution < -0.4 is 5.73 Å². The van der Waals surface area contributed by atoms with E-state index in [1.54, 1.807) is 0 Å². The summed E-state index contributed by atoms with van der Waals surface area (Å²) in [4.78, 5) is 2.22. The highest BCUT2D eigenvalue weighted by molar-refractivity contribution is 6.30. The van der Waals surface area contributed by atoms with Crippen molar-refractivity contribution in [1.82, 2.24) is 4.90 Å². The third-order valence-electron chi connectivity index (χ3n) is 3.37. The van der Waals surface area contributed by atoms with Crippen molar-refractivity contribution < 1.29 is 0 Å². The molecule has 0 saturated heterocycles. The van der Waals surface area contributed by atoms with Gasteiger partial charge in [-0.25, -0.2) is 0 Å². The highest BCUT2D eigenvalue weighted by Crippen LogP contribution is 2.19. The van der Waals surface area contributed by atoms with Crippen molar-refractivity contribution >= 4 is 11.6 Å². The highest BCUT2D eigenvalue weighted by atomic mass is 35.5. The number of benzene rings is 2. The SMILES string of the molecule is CN(Cc1cccc(Cl)c1)CC(C)(N)c1ccccc1. The molecule has 2 N–H and O–H groups in total. The van der Waals surface area contributed by atoms with Crippen LogP contribution in [-0.4, -0.2) is 18.5 Å². The summed E-state index contributed by atoms with van der Waals surface area (Å²) in [6.45, 7) is 3.68. The van der Waals surface area contributed by atoms with Gasteiger partial charge in [0.15, 0.2) is 0 Å². The van der Waals surface area contributed by atoms with Gasteiger partial charge in [-0.2, -0.15) is 0 Å². The molecule has 0 saturated carbocycles. The highest BCUT2D eigenvalue weighted by Gasteiger charge is 2.22. The molecule has 0 radical (unpaired) electrons. The largest absolute Gasteiger partial charge is 0.321 e. The molecule has 106 valence electrons. The molecular weight excluding hydrogens is 268 g/mol. The summed E-state index contributed by atoms with van der Waals surface area (Å²) in [6, 6.07) is 18.2. The van der Waals surface area contributed by atoms with Crippen molar-refractivity contribution in [1.29, 1.82) is 0 Å². The summed E-state index contributed by atoms with van der Waals surface area (Å²) < 4.78 is 0. The van der Waals surface area contributed by atoms with E-state index in [1.807, 2.05) is 36.4 Å². The van der Waals surface area contributed by atoms with Crippen LogP contribution in [0.2, 0.25) is 5.02 Å². The lowest BCUT2D eigenvalue weighted by atomic mass is 9.92. The summed E-state index contributed by atoms with van der Waals surface area (Å²) in [7, 11) is 2.08. The number of nitrogens with two attached hydrogens (primary N) is 1. The number of hydrogen-bond acceptors (Lipinski definition) is 2. The van der Waals surface area contributed by atoms with Crippen LogP contribution in [0.15, 0.2) is 54.6 Å². The lowest BCUT2D eigenvalue weighted by molar-refractivity contribution is 0.253. The molecule has 0 spiro atoms. The van der Waals surface area contributed by atoms with Crippen molar-refractivity contribution in [2.24, 2.45) is 5.73 Å². The maximum atomic E-state index is 6.45. The Kier molecular flexibility index (Phi) is 4.81. The molecule has 2 nitrogen and oxygen atoms in total. The zero-order valence-corrected chi connectivity index (χ0v) is 12.8. The van der Waals surface area contributed by atoms with E-state index in [0.717, 1.165) is 23.7 Å². The number of halogens is 1. The lowest BCUT2D eigenvalue weighted by Crippen LogP contribution is -2.43. The van der Waals surface area contributed by atoms with Gasteiger partial charge in [-0.05, 0) is 37.2 Å². The summed E-state index contributed by atoms with van der Waals surface area (Å²) >= 11 is 6.01. The van der Waals surface area contributed by atoms with Crippen molar-refractivity contribution in [3.05, 3.63) is 70.7 Å². The number of hydrogen-bond donors (Lipinski definition) is 1. The van der Waals surface area contributed by atoms with Crippen LogP contribution in [0.5, 0.6) is 0 Å². The van der Waals surface area contributed by atoms with Gasteiger partial charge >= 0.3 is 0 Å². The fourth-order valence-electron chi connectivity index (χ4n) is 2.47. The molecule has 0 aliphatic heterocycles. The Morgan fingerprint density at radius 3 is 2.45 bits per heavy atom. The van der Waals surface area contributed by atoms with Crippen LogP contribution in [0.4, 0.5) is 0 Å². The third-order valence-corrected chi connectivity index (χ3v) is 3.61. The molecule has 2 aromatic carbocycles. The molecule has 0 heterocycles. The lowest BCUT2D eigenvalue weighted by Gasteiger charge is -2.30. The van der Waals surface area contributed by atoms with Crippen LogP contribution in [0.3, 0.4) is 0 Å². The fraction of sp³-hybridized carbons (Fsp3) is 0.294. The van der Waals surface area contributed by atoms with Gasteiger partial charge in [-0.15, -0.1) is 0 Å². The van der Waals surface area contributed by atoms with Gasteiger partial charge in [-0.3, -0.25) is 4.90 Å². The Bertz CT molecular complexity index is 552. The van der Waals surface area contributed by atoms with Crippen LogP contribution in [0, 0.1) is 0 Å². The summed E-state index contributed by atoms with van der Waals surface area (Å²) in [5, 5.41) is 0.773. The van der Waals surface area contributed by atoms with Crippen molar-refractivity contribution in [3.63, 3.8) is 0 Å². The van der Waals surface area contributed by atoms with E-state index >= 15 is 0 Å². The van der Waals surface area contributed by atoms with Gasteiger partial charge < -0.3 is 5.73 Å². The second-order valence-electron chi connectivity index (χ2n) is 5.59. The molecule has 3 heteroatoms. The van der Waals surface area contributed by atoms with Crippen LogP contribution in [0.1, 0.15) is 18.1 Å². The zero-order chi connectivity index (χ0) is 14.6. The van der Waals surface area contributed by atoms with E-state index in [9.17, 15) is 0 Å². The molecule has 0 aliphatic carbocycles. The summed E-state index contributed by atoms with van der Waals surface area (Å²) in [6.07, 6.45) is 0. The first-order chi connectivity index (χ1) is 9.47. The Labute approximate surface area is 126 Å². The minimum Gasteiger partial charge on any atom is -0.321 e. The molecule has 0 amide bonds. The van der Waals surface area contributed by atoms with Gasteiger partial charge in [-0.1, -0.05) is 54.1 Å². The molecule has 2 aromatic rings. The summed E-state index contributed by atoms with van der Waals surface area (Å²) in [5.74, 6) is 0. The van der Waals surface area contributed by atoms with Crippen LogP contribution in [0.25, 0.3) is 0 Å². The molecule has 20 heavy (non-hydrogen) atoms. The number of rotatable bonds is 5. The second-order valence-corrected chi connectivity index (χ2v) is 6.02. The van der Waals surface area contributed by atoms with Crippen molar-refractivity contribution in [2.75, 3.05) is 13.6 Å². The maximum absolute atomic E-state index is 6.45. The van der Waals surface area contributed by atoms with E-state index in [4.69, 9.17) is 17.3 Å². The fourth-order valence-corrected chi connectivity index (χ4v) is 2.69. The van der Waals surface area contributed by atoms with E-state index < -0.39 is 0 Å². The normalized spacial score (nSPS) is 14.2. The monoisotopic (exact) mass is 288 g/mol. The minimum absolute atomic E-state index is 0.366. The maximum Gasteiger partial charge on any atom is 0.0509 e. The van der Waals surface area contributed by atoms with Gasteiger partial charge in [0.1, 0.15) is 0 Å². The average Bonchev–Trinajstić information content (AvgIpc) is 2.39. The second kappa shape index (κ2) is 6.40. The molecule has 1 unspecified atom stereocenters. The van der Waals surface area contributed by atoms with Gasteiger partial charge in [0.25, 0.3) is 0 Å². The number of nitrogens with zero attached hydrogens (tertiary/aromatic N) is 1. The quantitative estimate of drug-likeness (QED) is 0.910. The third kappa shape index (κ3) is 4.07. The Balaban J connectivity index is 2.02. The van der Waals surface area contributed by atoms with Gasteiger partial charge in [0.2, 0.25) is 0 Å².